The van der Waals surface area contributed by atoms with Gasteiger partial charge < -0.3 is 4.98 Å². The molecule has 0 amide bonds. The summed E-state index contributed by atoms with van der Waals surface area (Å²) in [5.41, 5.74) is 2.47. The number of rotatable bonds is 0. The normalized spacial score (nSPS) is 10.2. The first kappa shape index (κ1) is 11.3. The van der Waals surface area contributed by atoms with Crippen molar-refractivity contribution >= 4 is 11.0 Å². The summed E-state index contributed by atoms with van der Waals surface area (Å²) in [7, 11) is 0. The largest absolute Gasteiger partial charge is 0.346 e. The molecule has 1 aromatic carbocycles. The van der Waals surface area contributed by atoms with Gasteiger partial charge in [-0.15, -0.1) is 0 Å². The van der Waals surface area contributed by atoms with E-state index in [-0.39, 0.29) is 5.56 Å². The number of fused-ring (bicyclic) bond motifs is 1. The van der Waals surface area contributed by atoms with Crippen LogP contribution in [0.5, 0.6) is 0 Å². The van der Waals surface area contributed by atoms with Crippen molar-refractivity contribution in [1.82, 2.24) is 14.5 Å². The molecule has 19 heavy (non-hydrogen) atoms. The van der Waals surface area contributed by atoms with Gasteiger partial charge in [-0.25, -0.2) is 9.55 Å². The summed E-state index contributed by atoms with van der Waals surface area (Å²) in [5, 5.41) is 0.542. The smallest absolute Gasteiger partial charge is 0.274 e. The van der Waals surface area contributed by atoms with Gasteiger partial charge in [-0.2, -0.15) is 0 Å². The molecule has 1 N–H and O–H groups in total. The second-order valence-corrected chi connectivity index (χ2v) is 4.26. The fourth-order valence-electron chi connectivity index (χ4n) is 1.78. The van der Waals surface area contributed by atoms with Gasteiger partial charge in [-0.05, 0) is 31.0 Å². The molecule has 0 spiro atoms. The lowest BCUT2D eigenvalue weighted by atomic mass is 10.2. The van der Waals surface area contributed by atoms with Crippen molar-refractivity contribution in [2.75, 3.05) is 0 Å². The Morgan fingerprint density at radius 1 is 1.21 bits per heavy atom. The zero-order chi connectivity index (χ0) is 13.2. The molecule has 0 atom stereocenters. The van der Waals surface area contributed by atoms with Crippen LogP contribution >= 0.6 is 0 Å². The van der Waals surface area contributed by atoms with Crippen LogP contribution in [0.2, 0.25) is 0 Å². The fraction of sp³-hybridized carbons (Fsp3) is 0.0667. The first-order valence-electron chi connectivity index (χ1n) is 5.87. The van der Waals surface area contributed by atoms with Crippen LogP contribution < -0.4 is 5.56 Å². The summed E-state index contributed by atoms with van der Waals surface area (Å²) in [6.07, 6.45) is 3.12. The van der Waals surface area contributed by atoms with E-state index >= 15 is 0 Å². The van der Waals surface area contributed by atoms with Gasteiger partial charge in [0.1, 0.15) is 12.0 Å². The van der Waals surface area contributed by atoms with Crippen LogP contribution in [0.4, 0.5) is 0 Å². The lowest BCUT2D eigenvalue weighted by Crippen LogP contribution is -2.16. The van der Waals surface area contributed by atoms with E-state index in [1.165, 1.54) is 16.5 Å². The number of hydrogen-bond acceptors (Lipinski definition) is 2. The van der Waals surface area contributed by atoms with E-state index in [0.717, 1.165) is 5.56 Å². The molecule has 3 aromatic rings. The van der Waals surface area contributed by atoms with Crippen molar-refractivity contribution in [3.05, 3.63) is 64.3 Å². The lowest BCUT2D eigenvalue weighted by Gasteiger charge is -1.95. The molecule has 3 rings (SSSR count). The van der Waals surface area contributed by atoms with Gasteiger partial charge in [-0.1, -0.05) is 17.7 Å². The topological polar surface area (TPSA) is 50.7 Å². The highest BCUT2D eigenvalue weighted by Crippen LogP contribution is 2.02. The number of aryl methyl sites for hydroxylation is 1. The van der Waals surface area contributed by atoms with Gasteiger partial charge in [0.25, 0.3) is 5.56 Å². The summed E-state index contributed by atoms with van der Waals surface area (Å²) in [6.45, 7) is 2.02. The van der Waals surface area contributed by atoms with Gasteiger partial charge in [0.15, 0.2) is 0 Å². The fourth-order valence-corrected chi connectivity index (χ4v) is 1.78. The Hall–Kier alpha value is -2.80. The third kappa shape index (κ3) is 2.14. The Morgan fingerprint density at radius 2 is 2.00 bits per heavy atom. The molecule has 0 saturated carbocycles. The standard InChI is InChI=1S/C15H11N3O/c1-11-2-4-12(5-3-11)7-9-18-10-17-14-13(15(18)19)6-8-16-14/h2-6,8,10,16H,1H3. The van der Waals surface area contributed by atoms with E-state index in [1.54, 1.807) is 12.3 Å². The first-order chi connectivity index (χ1) is 9.24. The minimum absolute atomic E-state index is 0.161. The van der Waals surface area contributed by atoms with Gasteiger partial charge in [-0.3, -0.25) is 4.79 Å². The predicted molar refractivity (Wildman–Crippen MR) is 73.8 cm³/mol. The molecule has 0 fully saturated rings. The number of aromatic amines is 1. The highest BCUT2D eigenvalue weighted by atomic mass is 16.1. The number of benzene rings is 1. The van der Waals surface area contributed by atoms with Crippen LogP contribution in [-0.4, -0.2) is 14.5 Å². The molecule has 0 bridgehead atoms. The van der Waals surface area contributed by atoms with Gasteiger partial charge in [0.2, 0.25) is 0 Å². The second-order valence-electron chi connectivity index (χ2n) is 4.26. The Morgan fingerprint density at radius 3 is 2.79 bits per heavy atom. The third-order valence-corrected chi connectivity index (χ3v) is 2.85. The van der Waals surface area contributed by atoms with Gasteiger partial charge >= 0.3 is 0 Å². The Labute approximate surface area is 109 Å². The number of H-pyrrole nitrogens is 1. The van der Waals surface area contributed by atoms with Crippen LogP contribution in [0.15, 0.2) is 47.7 Å². The SMILES string of the molecule is Cc1ccc(C#Cn2cnc3[nH]ccc3c2=O)cc1. The third-order valence-electron chi connectivity index (χ3n) is 2.85. The minimum Gasteiger partial charge on any atom is -0.346 e. The van der Waals surface area contributed by atoms with Crippen molar-refractivity contribution in [2.45, 2.75) is 6.92 Å². The molecule has 0 aliphatic heterocycles. The average Bonchev–Trinajstić information content (AvgIpc) is 2.89. The van der Waals surface area contributed by atoms with E-state index in [4.69, 9.17) is 0 Å². The molecule has 2 heterocycles. The Bertz CT molecular complexity index is 845. The van der Waals surface area contributed by atoms with Crippen molar-refractivity contribution in [1.29, 1.82) is 0 Å². The number of nitrogens with zero attached hydrogens (tertiary/aromatic N) is 2. The van der Waals surface area contributed by atoms with E-state index in [0.29, 0.717) is 11.0 Å². The summed E-state index contributed by atoms with van der Waals surface area (Å²) in [6, 6.07) is 12.3. The molecule has 92 valence electrons. The molecule has 0 unspecified atom stereocenters. The number of nitrogens with one attached hydrogen (secondary N) is 1. The summed E-state index contributed by atoms with van der Waals surface area (Å²) in [5.74, 6) is 2.95. The maximum Gasteiger partial charge on any atom is 0.274 e. The zero-order valence-corrected chi connectivity index (χ0v) is 10.3. The van der Waals surface area contributed by atoms with E-state index < -0.39 is 0 Å². The molecule has 0 radical (unpaired) electrons. The molecule has 0 aliphatic rings. The van der Waals surface area contributed by atoms with E-state index in [2.05, 4.69) is 21.9 Å². The van der Waals surface area contributed by atoms with Crippen LogP contribution in [0.3, 0.4) is 0 Å². The highest BCUT2D eigenvalue weighted by Gasteiger charge is 2.02. The van der Waals surface area contributed by atoms with Crippen molar-refractivity contribution in [2.24, 2.45) is 0 Å². The summed E-state index contributed by atoms with van der Waals surface area (Å²) in [4.78, 5) is 19.1. The molecular formula is C15H11N3O. The second kappa shape index (κ2) is 4.46. The molecule has 4 heteroatoms. The molecular weight excluding hydrogens is 238 g/mol. The lowest BCUT2D eigenvalue weighted by molar-refractivity contribution is 1.000. The van der Waals surface area contributed by atoms with Crippen LogP contribution in [0.1, 0.15) is 11.1 Å². The van der Waals surface area contributed by atoms with Crippen molar-refractivity contribution < 1.29 is 0 Å². The number of aromatic nitrogens is 3. The van der Waals surface area contributed by atoms with Crippen molar-refractivity contribution in [3.8, 4) is 12.0 Å². The van der Waals surface area contributed by atoms with Gasteiger partial charge in [0, 0.05) is 17.8 Å². The molecule has 0 aliphatic carbocycles. The number of hydrogen-bond donors (Lipinski definition) is 1. The summed E-state index contributed by atoms with van der Waals surface area (Å²) < 4.78 is 1.30. The van der Waals surface area contributed by atoms with Gasteiger partial charge in [0.05, 0.1) is 5.39 Å². The predicted octanol–water partition coefficient (Wildman–Crippen LogP) is 1.89. The van der Waals surface area contributed by atoms with Crippen LogP contribution in [0, 0.1) is 18.9 Å². The highest BCUT2D eigenvalue weighted by molar-refractivity contribution is 5.73. The van der Waals surface area contributed by atoms with E-state index in [1.807, 2.05) is 31.2 Å². The Kier molecular flexibility index (Phi) is 2.66. The maximum absolute atomic E-state index is 12.1. The van der Waals surface area contributed by atoms with Crippen molar-refractivity contribution in [3.63, 3.8) is 0 Å². The first-order valence-corrected chi connectivity index (χ1v) is 5.87. The average molecular weight is 249 g/mol. The van der Waals surface area contributed by atoms with E-state index in [9.17, 15) is 4.79 Å². The van der Waals surface area contributed by atoms with Crippen LogP contribution in [-0.2, 0) is 0 Å². The minimum atomic E-state index is -0.161. The monoisotopic (exact) mass is 249 g/mol. The summed E-state index contributed by atoms with van der Waals surface area (Å²) >= 11 is 0. The molecule has 2 aromatic heterocycles. The van der Waals surface area contributed by atoms with Crippen LogP contribution in [0.25, 0.3) is 11.0 Å². The molecule has 4 nitrogen and oxygen atoms in total. The molecule has 0 saturated heterocycles. The quantitative estimate of drug-likeness (QED) is 0.618. The maximum atomic E-state index is 12.1. The Balaban J connectivity index is 2.04. The zero-order valence-electron chi connectivity index (χ0n) is 10.3.